The second-order valence-electron chi connectivity index (χ2n) is 5.18. The molecule has 0 radical (unpaired) electrons. The minimum atomic E-state index is -7.38. The second kappa shape index (κ2) is 7.08. The number of alkyl halides is 9. The number of aliphatic hydroxyl groups is 2. The predicted octanol–water partition coefficient (Wildman–Crippen LogP) is 1.81. The molecule has 0 rings (SSSR count). The summed E-state index contributed by atoms with van der Waals surface area (Å²) in [5, 5.41) is 11.1. The van der Waals surface area contributed by atoms with Gasteiger partial charge in [-0.1, -0.05) is 0 Å². The van der Waals surface area contributed by atoms with Crippen molar-refractivity contribution in [1.82, 2.24) is 4.31 Å². The van der Waals surface area contributed by atoms with Crippen molar-refractivity contribution in [2.24, 2.45) is 0 Å². The Labute approximate surface area is 136 Å². The van der Waals surface area contributed by atoms with Gasteiger partial charge in [0.15, 0.2) is 0 Å². The minimum Gasteiger partial charge on any atom is -0.392 e. The molecule has 0 spiro atoms. The molecule has 0 amide bonds. The molecule has 0 aromatic rings. The molecular weight excluding hydrogens is 401 g/mol. The molecule has 0 bridgehead atoms. The molecule has 0 aliphatic rings. The number of hydrogen-bond acceptors (Lipinski definition) is 4. The molecule has 0 aliphatic heterocycles. The summed E-state index contributed by atoms with van der Waals surface area (Å²) in [4.78, 5) is 0. The van der Waals surface area contributed by atoms with Gasteiger partial charge in [-0.05, 0) is 13.8 Å². The highest BCUT2D eigenvalue weighted by Crippen LogP contribution is 2.55. The van der Waals surface area contributed by atoms with E-state index in [-0.39, 0.29) is 0 Å². The van der Waals surface area contributed by atoms with Crippen molar-refractivity contribution in [3.63, 3.8) is 0 Å². The zero-order chi connectivity index (χ0) is 20.6. The van der Waals surface area contributed by atoms with Crippen LogP contribution in [0.3, 0.4) is 0 Å². The van der Waals surface area contributed by atoms with E-state index in [1.54, 1.807) is 0 Å². The van der Waals surface area contributed by atoms with Crippen molar-refractivity contribution in [1.29, 1.82) is 0 Å². The van der Waals surface area contributed by atoms with Gasteiger partial charge < -0.3 is 10.2 Å². The van der Waals surface area contributed by atoms with E-state index in [1.165, 1.54) is 0 Å². The molecule has 0 aromatic carbocycles. The van der Waals surface area contributed by atoms with Crippen molar-refractivity contribution < 1.29 is 58.1 Å². The first kappa shape index (κ1) is 24.2. The lowest BCUT2D eigenvalue weighted by molar-refractivity contribution is -0.382. The van der Waals surface area contributed by atoms with Gasteiger partial charge in [0.25, 0.3) is 10.0 Å². The molecule has 152 valence electrons. The molecule has 15 heteroatoms. The standard InChI is InChI=1S/C10H14F9NO4S/c1-5(21)3-20(4-6(2)22)25(23,24)10(18,19)8(13,14)7(11,12)9(15,16)17/h5-6,21-22H,3-4H2,1-2H3. The third-order valence-electron chi connectivity index (χ3n) is 2.72. The van der Waals surface area contributed by atoms with Crippen LogP contribution in [0.25, 0.3) is 0 Å². The Bertz CT molecular complexity index is 549. The smallest absolute Gasteiger partial charge is 0.392 e. The van der Waals surface area contributed by atoms with Crippen LogP contribution in [-0.2, 0) is 10.0 Å². The van der Waals surface area contributed by atoms with Crippen LogP contribution in [-0.4, -0.2) is 71.5 Å². The van der Waals surface area contributed by atoms with Crippen molar-refractivity contribution in [2.45, 2.75) is 49.3 Å². The van der Waals surface area contributed by atoms with Gasteiger partial charge in [-0.15, -0.1) is 0 Å². The Balaban J connectivity index is 6.24. The average molecular weight is 415 g/mol. The summed E-state index contributed by atoms with van der Waals surface area (Å²) in [5.74, 6) is -14.7. The predicted molar refractivity (Wildman–Crippen MR) is 64.8 cm³/mol. The highest BCUT2D eigenvalue weighted by Gasteiger charge is 2.85. The zero-order valence-electron chi connectivity index (χ0n) is 12.5. The van der Waals surface area contributed by atoms with Crippen LogP contribution in [0, 0.1) is 0 Å². The summed E-state index contributed by atoms with van der Waals surface area (Å²) in [7, 11) is -6.84. The monoisotopic (exact) mass is 415 g/mol. The minimum absolute atomic E-state index is 0.692. The first-order valence-electron chi connectivity index (χ1n) is 6.29. The molecule has 0 heterocycles. The van der Waals surface area contributed by atoms with E-state index in [0.717, 1.165) is 13.8 Å². The maximum atomic E-state index is 13.6. The highest BCUT2D eigenvalue weighted by atomic mass is 32.2. The van der Waals surface area contributed by atoms with Gasteiger partial charge in [-0.3, -0.25) is 0 Å². The van der Waals surface area contributed by atoms with E-state index in [4.69, 9.17) is 10.2 Å². The molecule has 2 N–H and O–H groups in total. The molecule has 2 unspecified atom stereocenters. The summed E-state index contributed by atoms with van der Waals surface area (Å²) in [6.07, 6.45) is -10.8. The normalized spacial score (nSPS) is 17.7. The van der Waals surface area contributed by atoms with Gasteiger partial charge in [0.05, 0.1) is 12.2 Å². The zero-order valence-corrected chi connectivity index (χ0v) is 13.4. The van der Waals surface area contributed by atoms with Gasteiger partial charge in [0.1, 0.15) is 0 Å². The third-order valence-corrected chi connectivity index (χ3v) is 4.60. The van der Waals surface area contributed by atoms with E-state index in [1.807, 2.05) is 0 Å². The maximum absolute atomic E-state index is 13.6. The highest BCUT2D eigenvalue weighted by molar-refractivity contribution is 7.90. The molecule has 25 heavy (non-hydrogen) atoms. The Morgan fingerprint density at radius 2 is 1.12 bits per heavy atom. The summed E-state index contributed by atoms with van der Waals surface area (Å²) < 4.78 is 138. The number of rotatable bonds is 8. The van der Waals surface area contributed by atoms with Crippen LogP contribution in [0.4, 0.5) is 39.5 Å². The quantitative estimate of drug-likeness (QED) is 0.593. The Morgan fingerprint density at radius 1 is 0.800 bits per heavy atom. The van der Waals surface area contributed by atoms with Crippen molar-refractivity contribution >= 4 is 10.0 Å². The number of halogens is 9. The summed E-state index contributed by atoms with van der Waals surface area (Å²) in [6.45, 7) is -1.14. The second-order valence-corrected chi connectivity index (χ2v) is 7.16. The van der Waals surface area contributed by atoms with Gasteiger partial charge in [0, 0.05) is 13.1 Å². The van der Waals surface area contributed by atoms with Crippen LogP contribution < -0.4 is 0 Å². The van der Waals surface area contributed by atoms with Crippen molar-refractivity contribution in [3.8, 4) is 0 Å². The Hall–Kier alpha value is -0.800. The van der Waals surface area contributed by atoms with E-state index in [2.05, 4.69) is 0 Å². The molecule has 5 nitrogen and oxygen atoms in total. The Morgan fingerprint density at radius 3 is 1.36 bits per heavy atom. The number of sulfonamides is 1. The molecule has 0 aliphatic carbocycles. The fraction of sp³-hybridized carbons (Fsp3) is 1.00. The van der Waals surface area contributed by atoms with Gasteiger partial charge in [-0.25, -0.2) is 8.42 Å². The number of hydrogen-bond donors (Lipinski definition) is 2. The topological polar surface area (TPSA) is 77.8 Å². The van der Waals surface area contributed by atoms with Crippen LogP contribution in [0.15, 0.2) is 0 Å². The molecule has 0 fully saturated rings. The van der Waals surface area contributed by atoms with Gasteiger partial charge >= 0.3 is 23.3 Å². The lowest BCUT2D eigenvalue weighted by Gasteiger charge is -2.36. The van der Waals surface area contributed by atoms with Crippen LogP contribution in [0.1, 0.15) is 13.8 Å². The fourth-order valence-electron chi connectivity index (χ4n) is 1.55. The van der Waals surface area contributed by atoms with Crippen molar-refractivity contribution in [3.05, 3.63) is 0 Å². The third kappa shape index (κ3) is 4.31. The maximum Gasteiger partial charge on any atom is 0.460 e. The SMILES string of the molecule is CC(O)CN(CC(C)O)S(=O)(=O)C(F)(F)C(F)(F)C(F)(F)C(F)(F)F. The van der Waals surface area contributed by atoms with E-state index in [9.17, 15) is 47.9 Å². The van der Waals surface area contributed by atoms with Crippen LogP contribution in [0.5, 0.6) is 0 Å². The van der Waals surface area contributed by atoms with Crippen LogP contribution in [0.2, 0.25) is 0 Å². The van der Waals surface area contributed by atoms with Crippen molar-refractivity contribution in [2.75, 3.05) is 13.1 Å². The van der Waals surface area contributed by atoms with E-state index >= 15 is 0 Å². The molecule has 0 saturated heterocycles. The number of nitrogens with zero attached hydrogens (tertiary/aromatic N) is 1. The van der Waals surface area contributed by atoms with Gasteiger partial charge in [0.2, 0.25) is 0 Å². The first-order valence-corrected chi connectivity index (χ1v) is 7.73. The first-order chi connectivity index (χ1) is 10.7. The summed E-state index contributed by atoms with van der Waals surface area (Å²) in [6, 6.07) is 0. The Kier molecular flexibility index (Phi) is 6.85. The van der Waals surface area contributed by atoms with E-state index < -0.39 is 62.9 Å². The average Bonchev–Trinajstić information content (AvgIpc) is 2.34. The molecule has 0 aromatic heterocycles. The summed E-state index contributed by atoms with van der Waals surface area (Å²) in [5.41, 5.74) is 0. The molecule has 2 atom stereocenters. The van der Waals surface area contributed by atoms with E-state index in [0.29, 0.717) is 0 Å². The largest absolute Gasteiger partial charge is 0.460 e. The van der Waals surface area contributed by atoms with Gasteiger partial charge in [-0.2, -0.15) is 43.8 Å². The lowest BCUT2D eigenvalue weighted by atomic mass is 10.1. The fourth-order valence-corrected chi connectivity index (χ4v) is 3.15. The molecular formula is C10H14F9NO4S. The lowest BCUT2D eigenvalue weighted by Crippen LogP contribution is -2.65. The summed E-state index contributed by atoms with van der Waals surface area (Å²) >= 11 is 0. The van der Waals surface area contributed by atoms with Crippen LogP contribution >= 0.6 is 0 Å². The number of aliphatic hydroxyl groups excluding tert-OH is 2. The molecule has 0 saturated carbocycles.